The highest BCUT2D eigenvalue weighted by Crippen LogP contribution is 2.23. The van der Waals surface area contributed by atoms with Gasteiger partial charge in [0, 0.05) is 5.56 Å². The summed E-state index contributed by atoms with van der Waals surface area (Å²) in [5, 5.41) is 3.97. The van der Waals surface area contributed by atoms with E-state index in [1.165, 1.54) is 0 Å². The van der Waals surface area contributed by atoms with Crippen LogP contribution in [-0.4, -0.2) is 16.7 Å². The van der Waals surface area contributed by atoms with Gasteiger partial charge in [0.25, 0.3) is 0 Å². The Labute approximate surface area is 112 Å². The molecule has 1 atom stereocenters. The normalized spacial score (nSPS) is 12.4. The fourth-order valence-corrected chi connectivity index (χ4v) is 1.83. The zero-order chi connectivity index (χ0) is 13.7. The van der Waals surface area contributed by atoms with E-state index in [0.717, 1.165) is 24.2 Å². The summed E-state index contributed by atoms with van der Waals surface area (Å²) < 4.78 is 10.7. The molecule has 5 heteroatoms. The third-order valence-corrected chi connectivity index (χ3v) is 2.76. The van der Waals surface area contributed by atoms with Gasteiger partial charge >= 0.3 is 0 Å². The van der Waals surface area contributed by atoms with Crippen molar-refractivity contribution < 1.29 is 9.26 Å². The number of rotatable bonds is 6. The van der Waals surface area contributed by atoms with Crippen molar-refractivity contribution in [2.24, 2.45) is 5.73 Å². The largest absolute Gasteiger partial charge is 0.494 e. The molecular weight excluding hydrogens is 242 g/mol. The van der Waals surface area contributed by atoms with Crippen molar-refractivity contribution in [2.45, 2.75) is 32.7 Å². The summed E-state index contributed by atoms with van der Waals surface area (Å²) >= 11 is 0. The second-order valence-electron chi connectivity index (χ2n) is 4.31. The van der Waals surface area contributed by atoms with E-state index in [2.05, 4.69) is 17.1 Å². The molecule has 102 valence electrons. The van der Waals surface area contributed by atoms with Crippen molar-refractivity contribution in [1.29, 1.82) is 0 Å². The molecule has 0 spiro atoms. The molecule has 0 aliphatic carbocycles. The first-order chi connectivity index (χ1) is 9.24. The highest BCUT2D eigenvalue weighted by Gasteiger charge is 2.15. The minimum atomic E-state index is -0.193. The number of benzene rings is 1. The maximum absolute atomic E-state index is 5.95. The first-order valence-corrected chi connectivity index (χ1v) is 6.57. The molecule has 5 nitrogen and oxygen atoms in total. The molecule has 0 aliphatic heterocycles. The zero-order valence-corrected chi connectivity index (χ0v) is 11.3. The van der Waals surface area contributed by atoms with Gasteiger partial charge in [-0.05, 0) is 25.5 Å². The van der Waals surface area contributed by atoms with Crippen LogP contribution in [0.25, 0.3) is 11.4 Å². The minimum absolute atomic E-state index is 0.193. The van der Waals surface area contributed by atoms with E-state index in [4.69, 9.17) is 15.0 Å². The van der Waals surface area contributed by atoms with Crippen molar-refractivity contribution >= 4 is 0 Å². The number of nitrogens with two attached hydrogens (primary N) is 1. The Kier molecular flexibility index (Phi) is 4.52. The average Bonchev–Trinajstić information content (AvgIpc) is 2.89. The van der Waals surface area contributed by atoms with Gasteiger partial charge in [-0.2, -0.15) is 4.98 Å². The Morgan fingerprint density at radius 1 is 1.37 bits per heavy atom. The average molecular weight is 261 g/mol. The summed E-state index contributed by atoms with van der Waals surface area (Å²) in [5.74, 6) is 1.82. The van der Waals surface area contributed by atoms with Gasteiger partial charge in [0.1, 0.15) is 5.75 Å². The molecule has 0 aliphatic rings. The molecule has 1 unspecified atom stereocenters. The summed E-state index contributed by atoms with van der Waals surface area (Å²) in [6.45, 7) is 4.65. The van der Waals surface area contributed by atoms with E-state index < -0.39 is 0 Å². The van der Waals surface area contributed by atoms with E-state index in [1.807, 2.05) is 31.2 Å². The first-order valence-electron chi connectivity index (χ1n) is 6.57. The Bertz CT molecular complexity index is 525. The molecule has 1 aromatic carbocycles. The summed E-state index contributed by atoms with van der Waals surface area (Å²) in [4.78, 5) is 4.34. The molecule has 0 radical (unpaired) electrons. The molecule has 2 rings (SSSR count). The standard InChI is InChI=1S/C14H19N3O2/c1-3-6-12(15)14-16-13(17-19-14)10-7-5-8-11(9-10)18-4-2/h5,7-9,12H,3-4,6,15H2,1-2H3. The first kappa shape index (κ1) is 13.5. The monoisotopic (exact) mass is 261 g/mol. The van der Waals surface area contributed by atoms with Gasteiger partial charge in [-0.1, -0.05) is 30.6 Å². The Morgan fingerprint density at radius 2 is 2.21 bits per heavy atom. The van der Waals surface area contributed by atoms with Crippen LogP contribution in [0.2, 0.25) is 0 Å². The summed E-state index contributed by atoms with van der Waals surface area (Å²) in [6, 6.07) is 7.42. The molecule has 1 aromatic heterocycles. The topological polar surface area (TPSA) is 74.2 Å². The Hall–Kier alpha value is -1.88. The van der Waals surface area contributed by atoms with Gasteiger partial charge in [0.2, 0.25) is 11.7 Å². The van der Waals surface area contributed by atoms with Crippen LogP contribution in [0.5, 0.6) is 5.75 Å². The molecular formula is C14H19N3O2. The minimum Gasteiger partial charge on any atom is -0.494 e. The maximum Gasteiger partial charge on any atom is 0.243 e. The van der Waals surface area contributed by atoms with Crippen LogP contribution in [0, 0.1) is 0 Å². The number of ether oxygens (including phenoxy) is 1. The molecule has 19 heavy (non-hydrogen) atoms. The molecule has 2 N–H and O–H groups in total. The van der Waals surface area contributed by atoms with Gasteiger partial charge in [-0.15, -0.1) is 0 Å². The van der Waals surface area contributed by atoms with Crippen LogP contribution < -0.4 is 10.5 Å². The number of aromatic nitrogens is 2. The van der Waals surface area contributed by atoms with Gasteiger partial charge in [-0.3, -0.25) is 0 Å². The van der Waals surface area contributed by atoms with Gasteiger partial charge in [0.15, 0.2) is 0 Å². The third-order valence-electron chi connectivity index (χ3n) is 2.76. The second kappa shape index (κ2) is 6.33. The van der Waals surface area contributed by atoms with Crippen LogP contribution in [0.1, 0.15) is 38.6 Å². The quantitative estimate of drug-likeness (QED) is 0.865. The molecule has 0 fully saturated rings. The van der Waals surface area contributed by atoms with Crippen LogP contribution in [0.3, 0.4) is 0 Å². The summed E-state index contributed by atoms with van der Waals surface area (Å²) in [6.07, 6.45) is 1.82. The fraction of sp³-hybridized carbons (Fsp3) is 0.429. The van der Waals surface area contributed by atoms with Crippen molar-refractivity contribution in [3.05, 3.63) is 30.2 Å². The SMILES string of the molecule is CCCC(N)c1nc(-c2cccc(OCC)c2)no1. The summed E-state index contributed by atoms with van der Waals surface area (Å²) in [5.41, 5.74) is 6.82. The smallest absolute Gasteiger partial charge is 0.243 e. The fourth-order valence-electron chi connectivity index (χ4n) is 1.83. The van der Waals surface area contributed by atoms with Crippen LogP contribution >= 0.6 is 0 Å². The predicted molar refractivity (Wildman–Crippen MR) is 72.7 cm³/mol. The summed E-state index contributed by atoms with van der Waals surface area (Å²) in [7, 11) is 0. The van der Waals surface area contributed by atoms with Crippen LogP contribution in [-0.2, 0) is 0 Å². The molecule has 0 saturated carbocycles. The third kappa shape index (κ3) is 3.32. The molecule has 1 heterocycles. The van der Waals surface area contributed by atoms with Crippen molar-refractivity contribution in [2.75, 3.05) is 6.61 Å². The maximum atomic E-state index is 5.95. The lowest BCUT2D eigenvalue weighted by Crippen LogP contribution is -2.09. The zero-order valence-electron chi connectivity index (χ0n) is 11.3. The number of nitrogens with zero attached hydrogens (tertiary/aromatic N) is 2. The van der Waals surface area contributed by atoms with E-state index in [1.54, 1.807) is 0 Å². The van der Waals surface area contributed by atoms with Crippen molar-refractivity contribution in [1.82, 2.24) is 10.1 Å². The van der Waals surface area contributed by atoms with Gasteiger partial charge in [-0.25, -0.2) is 0 Å². The molecule has 2 aromatic rings. The van der Waals surface area contributed by atoms with E-state index >= 15 is 0 Å². The number of hydrogen-bond acceptors (Lipinski definition) is 5. The lowest BCUT2D eigenvalue weighted by Gasteiger charge is -2.03. The highest BCUT2D eigenvalue weighted by molar-refractivity contribution is 5.56. The van der Waals surface area contributed by atoms with E-state index in [0.29, 0.717) is 18.3 Å². The molecule has 0 amide bonds. The number of hydrogen-bond donors (Lipinski definition) is 1. The van der Waals surface area contributed by atoms with Crippen molar-refractivity contribution in [3.8, 4) is 17.1 Å². The van der Waals surface area contributed by atoms with E-state index in [9.17, 15) is 0 Å². The second-order valence-corrected chi connectivity index (χ2v) is 4.31. The molecule has 0 bridgehead atoms. The predicted octanol–water partition coefficient (Wildman–Crippen LogP) is 2.94. The highest BCUT2D eigenvalue weighted by atomic mass is 16.5. The van der Waals surface area contributed by atoms with Crippen LogP contribution in [0.15, 0.2) is 28.8 Å². The molecule has 0 saturated heterocycles. The lowest BCUT2D eigenvalue weighted by molar-refractivity contribution is 0.340. The Morgan fingerprint density at radius 3 is 2.95 bits per heavy atom. The van der Waals surface area contributed by atoms with E-state index in [-0.39, 0.29) is 6.04 Å². The van der Waals surface area contributed by atoms with Crippen LogP contribution in [0.4, 0.5) is 0 Å². The lowest BCUT2D eigenvalue weighted by atomic mass is 10.2. The Balaban J connectivity index is 2.20. The van der Waals surface area contributed by atoms with Gasteiger partial charge < -0.3 is 15.0 Å². The van der Waals surface area contributed by atoms with Gasteiger partial charge in [0.05, 0.1) is 12.6 Å². The van der Waals surface area contributed by atoms with Crippen molar-refractivity contribution in [3.63, 3.8) is 0 Å².